The zero-order valence-corrected chi connectivity index (χ0v) is 17.6. The van der Waals surface area contributed by atoms with Crippen LogP contribution in [0.15, 0.2) is 28.7 Å². The topological polar surface area (TPSA) is 80.7 Å². The van der Waals surface area contributed by atoms with Gasteiger partial charge in [0.1, 0.15) is 17.8 Å². The number of amides is 1. The molecule has 1 aliphatic heterocycles. The van der Waals surface area contributed by atoms with Gasteiger partial charge in [0.15, 0.2) is 5.84 Å². The normalized spacial score (nSPS) is 18.9. The second-order valence-corrected chi connectivity index (χ2v) is 8.47. The molecule has 1 unspecified atom stereocenters. The van der Waals surface area contributed by atoms with Crippen LogP contribution in [0.4, 0.5) is 0 Å². The summed E-state index contributed by atoms with van der Waals surface area (Å²) in [6.07, 6.45) is 2.44. The molecule has 0 saturated carbocycles. The van der Waals surface area contributed by atoms with Crippen molar-refractivity contribution in [3.8, 4) is 0 Å². The molecule has 1 N–H and O–H groups in total. The minimum atomic E-state index is -0.879. The summed E-state index contributed by atoms with van der Waals surface area (Å²) in [6, 6.07) is 3.76. The number of pyridine rings is 1. The van der Waals surface area contributed by atoms with Gasteiger partial charge in [0.25, 0.3) is 5.91 Å². The molecule has 1 aliphatic rings. The predicted molar refractivity (Wildman–Crippen MR) is 110 cm³/mol. The van der Waals surface area contributed by atoms with E-state index in [0.717, 1.165) is 22.4 Å². The molecule has 6 nitrogen and oxygen atoms in total. The maximum Gasteiger partial charge on any atom is 0.340 e. The molecule has 28 heavy (non-hydrogen) atoms. The number of aliphatic imine (C=N–C) groups is 1. The SMILES string of the molecule is CCc1cnc(C2=NC(C)(C(C)C)C(=O)N2)c(C(=O)OCc2cc(C)cs2)c1. The third kappa shape index (κ3) is 3.85. The Labute approximate surface area is 169 Å². The molecule has 3 rings (SSSR count). The van der Waals surface area contributed by atoms with E-state index < -0.39 is 11.5 Å². The number of carbonyl (C=O) groups is 2. The summed E-state index contributed by atoms with van der Waals surface area (Å²) in [7, 11) is 0. The number of aromatic nitrogens is 1. The zero-order valence-electron chi connectivity index (χ0n) is 16.8. The van der Waals surface area contributed by atoms with Crippen molar-refractivity contribution >= 4 is 29.0 Å². The highest BCUT2D eigenvalue weighted by Gasteiger charge is 2.43. The first-order chi connectivity index (χ1) is 13.2. The van der Waals surface area contributed by atoms with Crippen molar-refractivity contribution in [2.45, 2.75) is 53.2 Å². The van der Waals surface area contributed by atoms with E-state index in [0.29, 0.717) is 17.1 Å². The van der Waals surface area contributed by atoms with E-state index in [1.165, 1.54) is 0 Å². The highest BCUT2D eigenvalue weighted by molar-refractivity contribution is 7.10. The first-order valence-electron chi connectivity index (χ1n) is 9.36. The molecule has 1 atom stereocenters. The van der Waals surface area contributed by atoms with Crippen molar-refractivity contribution in [3.05, 3.63) is 51.0 Å². The molecule has 2 aromatic heterocycles. The van der Waals surface area contributed by atoms with Crippen LogP contribution in [0.5, 0.6) is 0 Å². The number of aryl methyl sites for hydroxylation is 2. The Morgan fingerprint density at radius 3 is 2.68 bits per heavy atom. The van der Waals surface area contributed by atoms with Gasteiger partial charge in [-0.1, -0.05) is 20.8 Å². The third-order valence-corrected chi connectivity index (χ3v) is 6.12. The smallest absolute Gasteiger partial charge is 0.340 e. The van der Waals surface area contributed by atoms with Gasteiger partial charge in [-0.3, -0.25) is 9.78 Å². The van der Waals surface area contributed by atoms with E-state index in [4.69, 9.17) is 4.74 Å². The van der Waals surface area contributed by atoms with Crippen molar-refractivity contribution in [2.75, 3.05) is 0 Å². The molecule has 7 heteroatoms. The van der Waals surface area contributed by atoms with Crippen molar-refractivity contribution in [2.24, 2.45) is 10.9 Å². The molecule has 3 heterocycles. The molecule has 0 bridgehead atoms. The number of carbonyl (C=O) groups excluding carboxylic acids is 2. The van der Waals surface area contributed by atoms with Crippen LogP contribution in [0.3, 0.4) is 0 Å². The fourth-order valence-electron chi connectivity index (χ4n) is 2.87. The summed E-state index contributed by atoms with van der Waals surface area (Å²) in [5.41, 5.74) is 1.85. The first kappa shape index (κ1) is 20.2. The van der Waals surface area contributed by atoms with Gasteiger partial charge in [-0.25, -0.2) is 9.79 Å². The summed E-state index contributed by atoms with van der Waals surface area (Å²) >= 11 is 1.55. The van der Waals surface area contributed by atoms with Crippen LogP contribution >= 0.6 is 11.3 Å². The summed E-state index contributed by atoms with van der Waals surface area (Å²) in [6.45, 7) is 9.87. The second kappa shape index (κ2) is 7.83. The van der Waals surface area contributed by atoms with Gasteiger partial charge in [-0.05, 0) is 54.8 Å². The van der Waals surface area contributed by atoms with Crippen molar-refractivity contribution in [1.29, 1.82) is 0 Å². The molecule has 148 valence electrons. The maximum atomic E-state index is 12.8. The standard InChI is InChI=1S/C21H25N3O3S/c1-6-14-8-16(19(25)27-10-15-7-13(4)11-28-15)17(22-9-14)18-23-20(26)21(5,24-18)12(2)3/h7-9,11-12H,6,10H2,1-5H3,(H,23,24,26). The number of rotatable bonds is 6. The molecule has 0 fully saturated rings. The van der Waals surface area contributed by atoms with Crippen molar-refractivity contribution < 1.29 is 14.3 Å². The van der Waals surface area contributed by atoms with Gasteiger partial charge in [-0.2, -0.15) is 0 Å². The lowest BCUT2D eigenvalue weighted by Crippen LogP contribution is -2.41. The fraction of sp³-hybridized carbons (Fsp3) is 0.429. The monoisotopic (exact) mass is 399 g/mol. The number of nitrogens with one attached hydrogen (secondary N) is 1. The third-order valence-electron chi connectivity index (χ3n) is 5.09. The number of hydrogen-bond donors (Lipinski definition) is 1. The number of ether oxygens (including phenoxy) is 1. The van der Waals surface area contributed by atoms with Gasteiger partial charge in [0.05, 0.1) is 5.56 Å². The Bertz CT molecular complexity index is 948. The van der Waals surface area contributed by atoms with Crippen LogP contribution < -0.4 is 5.32 Å². The lowest BCUT2D eigenvalue weighted by Gasteiger charge is -2.21. The molecule has 0 aliphatic carbocycles. The molecular formula is C21H25N3O3S. The Kier molecular flexibility index (Phi) is 5.65. The molecule has 0 aromatic carbocycles. The van der Waals surface area contributed by atoms with Gasteiger partial charge < -0.3 is 10.1 Å². The Hall–Kier alpha value is -2.54. The number of hydrogen-bond acceptors (Lipinski definition) is 6. The molecular weight excluding hydrogens is 374 g/mol. The number of esters is 1. The molecule has 1 amide bonds. The van der Waals surface area contributed by atoms with Crippen LogP contribution in [0.25, 0.3) is 0 Å². The number of thiophene rings is 1. The number of nitrogens with zero attached hydrogens (tertiary/aromatic N) is 2. The highest BCUT2D eigenvalue weighted by atomic mass is 32.1. The Morgan fingerprint density at radius 2 is 2.11 bits per heavy atom. The number of amidine groups is 1. The van der Waals surface area contributed by atoms with Crippen LogP contribution in [0, 0.1) is 12.8 Å². The quantitative estimate of drug-likeness (QED) is 0.752. The van der Waals surface area contributed by atoms with Crippen molar-refractivity contribution in [1.82, 2.24) is 10.3 Å². The Morgan fingerprint density at radius 1 is 1.36 bits per heavy atom. The second-order valence-electron chi connectivity index (χ2n) is 7.48. The van der Waals surface area contributed by atoms with Crippen LogP contribution in [-0.2, 0) is 22.6 Å². The van der Waals surface area contributed by atoms with Gasteiger partial charge in [0.2, 0.25) is 0 Å². The van der Waals surface area contributed by atoms with Crippen LogP contribution in [0.2, 0.25) is 0 Å². The van der Waals surface area contributed by atoms with Crippen LogP contribution in [-0.4, -0.2) is 28.2 Å². The summed E-state index contributed by atoms with van der Waals surface area (Å²) in [5, 5.41) is 4.81. The van der Waals surface area contributed by atoms with E-state index >= 15 is 0 Å². The van der Waals surface area contributed by atoms with Crippen LogP contribution in [0.1, 0.15) is 59.8 Å². The average molecular weight is 400 g/mol. The van der Waals surface area contributed by atoms with E-state index in [-0.39, 0.29) is 18.4 Å². The molecule has 2 aromatic rings. The first-order valence-corrected chi connectivity index (χ1v) is 10.2. The lowest BCUT2D eigenvalue weighted by molar-refractivity contribution is -0.124. The maximum absolute atomic E-state index is 12.8. The largest absolute Gasteiger partial charge is 0.456 e. The Balaban J connectivity index is 1.92. The van der Waals surface area contributed by atoms with E-state index in [1.54, 1.807) is 30.5 Å². The van der Waals surface area contributed by atoms with E-state index in [2.05, 4.69) is 15.3 Å². The van der Waals surface area contributed by atoms with E-state index in [9.17, 15) is 9.59 Å². The van der Waals surface area contributed by atoms with Gasteiger partial charge in [-0.15, -0.1) is 11.3 Å². The molecule has 0 radical (unpaired) electrons. The molecule has 0 saturated heterocycles. The minimum absolute atomic E-state index is 0.0115. The van der Waals surface area contributed by atoms with Gasteiger partial charge >= 0.3 is 5.97 Å². The summed E-state index contributed by atoms with van der Waals surface area (Å²) in [4.78, 5) is 35.3. The summed E-state index contributed by atoms with van der Waals surface area (Å²) in [5.74, 6) is -0.327. The summed E-state index contributed by atoms with van der Waals surface area (Å²) < 4.78 is 5.52. The van der Waals surface area contributed by atoms with Gasteiger partial charge in [0, 0.05) is 11.1 Å². The lowest BCUT2D eigenvalue weighted by atomic mass is 9.89. The predicted octanol–water partition coefficient (Wildman–Crippen LogP) is 3.66. The minimum Gasteiger partial charge on any atom is -0.456 e. The molecule has 0 spiro atoms. The fourth-order valence-corrected chi connectivity index (χ4v) is 3.66. The average Bonchev–Trinajstić information content (AvgIpc) is 3.22. The zero-order chi connectivity index (χ0) is 20.5. The van der Waals surface area contributed by atoms with E-state index in [1.807, 2.05) is 39.1 Å². The van der Waals surface area contributed by atoms with Crippen molar-refractivity contribution in [3.63, 3.8) is 0 Å². The highest BCUT2D eigenvalue weighted by Crippen LogP contribution is 2.27.